The number of amides is 1. The molecule has 0 aliphatic heterocycles. The van der Waals surface area contributed by atoms with Crippen molar-refractivity contribution in [1.29, 1.82) is 0 Å². The Morgan fingerprint density at radius 2 is 1.84 bits per heavy atom. The molecule has 0 atom stereocenters. The average molecular weight is 444 g/mol. The maximum Gasteiger partial charge on any atom is 0.263 e. The Kier molecular flexibility index (Phi) is 5.39. The summed E-state index contributed by atoms with van der Waals surface area (Å²) in [7, 11) is 0. The Morgan fingerprint density at radius 1 is 1.06 bits per heavy atom. The molecule has 1 amide bonds. The third kappa shape index (κ3) is 3.86. The van der Waals surface area contributed by atoms with Crippen molar-refractivity contribution in [2.75, 3.05) is 5.32 Å². The molecule has 5 rings (SSSR count). The third-order valence-corrected chi connectivity index (χ3v) is 7.17. The van der Waals surface area contributed by atoms with Gasteiger partial charge in [0.1, 0.15) is 17.2 Å². The molecule has 2 aromatic carbocycles. The van der Waals surface area contributed by atoms with Gasteiger partial charge in [-0.05, 0) is 63.3 Å². The van der Waals surface area contributed by atoms with Gasteiger partial charge in [0.15, 0.2) is 0 Å². The molecule has 0 saturated heterocycles. The number of rotatable bonds is 4. The van der Waals surface area contributed by atoms with Crippen molar-refractivity contribution in [3.05, 3.63) is 80.5 Å². The molecule has 2 heterocycles. The smallest absolute Gasteiger partial charge is 0.263 e. The Labute approximate surface area is 190 Å². The highest BCUT2D eigenvalue weighted by Gasteiger charge is 2.23. The number of aryl methyl sites for hydroxylation is 4. The number of hydrogen-bond acceptors (Lipinski definition) is 4. The predicted octanol–water partition coefficient (Wildman–Crippen LogP) is 5.26. The number of nitrogens with zero attached hydrogens (tertiary/aromatic N) is 2. The number of nitrogens with one attached hydrogen (secondary N) is 1. The molecule has 4 aromatic rings. The van der Waals surface area contributed by atoms with E-state index in [0.29, 0.717) is 16.9 Å². The van der Waals surface area contributed by atoms with Gasteiger partial charge < -0.3 is 5.32 Å². The second kappa shape index (κ2) is 8.36. The van der Waals surface area contributed by atoms with Gasteiger partial charge in [0, 0.05) is 16.1 Å². The molecular formula is C26H25N3O2S. The van der Waals surface area contributed by atoms with Gasteiger partial charge in [-0.15, -0.1) is 11.3 Å². The van der Waals surface area contributed by atoms with Crippen LogP contribution in [0.3, 0.4) is 0 Å². The Hall–Kier alpha value is -3.25. The molecular weight excluding hydrogens is 418 g/mol. The molecule has 0 bridgehead atoms. The van der Waals surface area contributed by atoms with E-state index >= 15 is 0 Å². The zero-order valence-electron chi connectivity index (χ0n) is 18.3. The first-order valence-electron chi connectivity index (χ1n) is 11.0. The highest BCUT2D eigenvalue weighted by Crippen LogP contribution is 2.35. The van der Waals surface area contributed by atoms with Crippen molar-refractivity contribution in [1.82, 2.24) is 9.55 Å². The minimum atomic E-state index is -0.241. The molecule has 0 fully saturated rings. The quantitative estimate of drug-likeness (QED) is 0.468. The number of thiophene rings is 1. The van der Waals surface area contributed by atoms with Crippen LogP contribution in [0.1, 0.15) is 34.4 Å². The molecule has 0 unspecified atom stereocenters. The molecule has 0 spiro atoms. The molecule has 162 valence electrons. The van der Waals surface area contributed by atoms with Crippen LogP contribution in [-0.2, 0) is 24.2 Å². The Bertz CT molecular complexity index is 1380. The minimum Gasteiger partial charge on any atom is -0.325 e. The number of anilines is 1. The Balaban J connectivity index is 1.62. The third-order valence-electron chi connectivity index (χ3n) is 5.99. The summed E-state index contributed by atoms with van der Waals surface area (Å²) in [5, 5.41) is 3.61. The number of hydrogen-bond donors (Lipinski definition) is 1. The van der Waals surface area contributed by atoms with E-state index in [1.54, 1.807) is 15.9 Å². The number of benzene rings is 2. The van der Waals surface area contributed by atoms with Crippen LogP contribution in [-0.4, -0.2) is 15.5 Å². The summed E-state index contributed by atoms with van der Waals surface area (Å²) >= 11 is 1.63. The summed E-state index contributed by atoms with van der Waals surface area (Å²) in [6, 6.07) is 15.6. The van der Waals surface area contributed by atoms with E-state index in [2.05, 4.69) is 5.32 Å². The highest BCUT2D eigenvalue weighted by molar-refractivity contribution is 7.18. The van der Waals surface area contributed by atoms with E-state index in [0.717, 1.165) is 52.8 Å². The second-order valence-corrected chi connectivity index (χ2v) is 9.59. The van der Waals surface area contributed by atoms with E-state index in [4.69, 9.17) is 4.98 Å². The van der Waals surface area contributed by atoms with Crippen molar-refractivity contribution in [3.63, 3.8) is 0 Å². The van der Waals surface area contributed by atoms with E-state index in [-0.39, 0.29) is 18.0 Å². The Morgan fingerprint density at radius 3 is 2.62 bits per heavy atom. The fourth-order valence-electron chi connectivity index (χ4n) is 4.37. The molecule has 1 N–H and O–H groups in total. The average Bonchev–Trinajstić information content (AvgIpc) is 3.16. The molecule has 0 radical (unpaired) electrons. The summed E-state index contributed by atoms with van der Waals surface area (Å²) in [6.45, 7) is 3.93. The number of aromatic nitrogens is 2. The lowest BCUT2D eigenvalue weighted by atomic mass is 9.97. The van der Waals surface area contributed by atoms with Crippen molar-refractivity contribution in [3.8, 4) is 11.4 Å². The topological polar surface area (TPSA) is 64.0 Å². The van der Waals surface area contributed by atoms with Crippen LogP contribution in [0.25, 0.3) is 21.6 Å². The second-order valence-electron chi connectivity index (χ2n) is 8.50. The number of carbonyl (C=O) groups is 1. The van der Waals surface area contributed by atoms with E-state index < -0.39 is 0 Å². The van der Waals surface area contributed by atoms with Gasteiger partial charge in [0.2, 0.25) is 5.91 Å². The molecule has 32 heavy (non-hydrogen) atoms. The largest absolute Gasteiger partial charge is 0.325 e. The maximum absolute atomic E-state index is 13.7. The molecule has 1 aliphatic rings. The molecule has 5 nitrogen and oxygen atoms in total. The zero-order valence-corrected chi connectivity index (χ0v) is 19.1. The van der Waals surface area contributed by atoms with Gasteiger partial charge in [-0.2, -0.15) is 0 Å². The van der Waals surface area contributed by atoms with Crippen LogP contribution in [0, 0.1) is 13.8 Å². The summed E-state index contributed by atoms with van der Waals surface area (Å²) in [4.78, 5) is 33.6. The lowest BCUT2D eigenvalue weighted by Crippen LogP contribution is -2.30. The molecule has 6 heteroatoms. The van der Waals surface area contributed by atoms with Crippen LogP contribution in [0.2, 0.25) is 0 Å². The van der Waals surface area contributed by atoms with Crippen LogP contribution >= 0.6 is 11.3 Å². The van der Waals surface area contributed by atoms with Gasteiger partial charge in [0.05, 0.1) is 5.39 Å². The fourth-order valence-corrected chi connectivity index (χ4v) is 5.62. The first-order valence-corrected chi connectivity index (χ1v) is 11.8. The zero-order chi connectivity index (χ0) is 22.2. The van der Waals surface area contributed by atoms with Crippen LogP contribution in [0.15, 0.2) is 53.3 Å². The lowest BCUT2D eigenvalue weighted by Gasteiger charge is -2.14. The first-order chi connectivity index (χ1) is 15.5. The van der Waals surface area contributed by atoms with Gasteiger partial charge in [0.25, 0.3) is 5.56 Å². The number of fused-ring (bicyclic) bond motifs is 3. The summed E-state index contributed by atoms with van der Waals surface area (Å²) in [6.07, 6.45) is 4.15. The minimum absolute atomic E-state index is 0.0798. The van der Waals surface area contributed by atoms with Gasteiger partial charge in [-0.1, -0.05) is 41.5 Å². The van der Waals surface area contributed by atoms with E-state index in [9.17, 15) is 9.59 Å². The van der Waals surface area contributed by atoms with Crippen LogP contribution in [0.4, 0.5) is 5.69 Å². The SMILES string of the molecule is Cc1ccc(NC(=O)Cn2c(-c3cccc(C)c3)nc3sc4c(c3c2=O)CCCC4)cc1. The predicted molar refractivity (Wildman–Crippen MR) is 131 cm³/mol. The van der Waals surface area contributed by atoms with Gasteiger partial charge in [-0.3, -0.25) is 14.2 Å². The fraction of sp³-hybridized carbons (Fsp3) is 0.269. The molecule has 0 saturated carbocycles. The summed E-state index contributed by atoms with van der Waals surface area (Å²) in [5.41, 5.74) is 4.78. The van der Waals surface area contributed by atoms with Gasteiger partial charge >= 0.3 is 0 Å². The highest BCUT2D eigenvalue weighted by atomic mass is 32.1. The van der Waals surface area contributed by atoms with Crippen molar-refractivity contribution < 1.29 is 4.79 Å². The normalized spacial score (nSPS) is 13.2. The van der Waals surface area contributed by atoms with E-state index in [1.165, 1.54) is 4.88 Å². The molecule has 1 aliphatic carbocycles. The van der Waals surface area contributed by atoms with E-state index in [1.807, 2.05) is 62.4 Å². The van der Waals surface area contributed by atoms with Crippen LogP contribution in [0.5, 0.6) is 0 Å². The lowest BCUT2D eigenvalue weighted by molar-refractivity contribution is -0.116. The maximum atomic E-state index is 13.7. The first kappa shape index (κ1) is 20.6. The standard InChI is InChI=1S/C26H25N3O2S/c1-16-10-12-19(13-11-16)27-22(30)15-29-24(18-7-5-6-17(2)14-18)28-25-23(26(29)31)20-8-3-4-9-21(20)32-25/h5-7,10-14H,3-4,8-9,15H2,1-2H3,(H,27,30). The number of carbonyl (C=O) groups excluding carboxylic acids is 1. The summed E-state index contributed by atoms with van der Waals surface area (Å²) < 4.78 is 1.54. The molecule has 2 aromatic heterocycles. The van der Waals surface area contributed by atoms with Crippen molar-refractivity contribution in [2.45, 2.75) is 46.1 Å². The van der Waals surface area contributed by atoms with Crippen LogP contribution < -0.4 is 10.9 Å². The van der Waals surface area contributed by atoms with Crippen molar-refractivity contribution in [2.24, 2.45) is 0 Å². The summed E-state index contributed by atoms with van der Waals surface area (Å²) in [5.74, 6) is 0.305. The van der Waals surface area contributed by atoms with Gasteiger partial charge in [-0.25, -0.2) is 4.98 Å². The van der Waals surface area contributed by atoms with Crippen molar-refractivity contribution >= 4 is 33.1 Å². The monoisotopic (exact) mass is 443 g/mol.